The second-order valence-corrected chi connectivity index (χ2v) is 7.94. The minimum absolute atomic E-state index is 0.0211. The lowest BCUT2D eigenvalue weighted by Gasteiger charge is -2.31. The second-order valence-electron chi connectivity index (χ2n) is 7.94. The molecule has 2 amide bonds. The number of hydrogen-bond donors (Lipinski definition) is 0. The number of hydrogen-bond acceptors (Lipinski definition) is 3. The average Bonchev–Trinajstić information content (AvgIpc) is 3.42. The molecule has 1 aromatic carbocycles. The Morgan fingerprint density at radius 3 is 2.45 bits per heavy atom. The Morgan fingerprint density at radius 1 is 1.06 bits per heavy atom. The topological polar surface area (TPSA) is 58.7 Å². The molecule has 0 saturated heterocycles. The maximum Gasteiger partial charge on any atom is 0.254 e. The molecule has 6 heteroatoms. The summed E-state index contributed by atoms with van der Waals surface area (Å²) in [6, 6.07) is 15.1. The Bertz CT molecular complexity index is 1010. The van der Waals surface area contributed by atoms with Crippen molar-refractivity contribution in [3.05, 3.63) is 83.6 Å². The Balaban J connectivity index is 1.84. The molecule has 0 saturated carbocycles. The molecule has 0 fully saturated rings. The predicted octanol–water partition coefficient (Wildman–Crippen LogP) is 4.40. The van der Waals surface area contributed by atoms with Gasteiger partial charge in [-0.2, -0.15) is 0 Å². The van der Waals surface area contributed by atoms with Gasteiger partial charge in [0, 0.05) is 30.5 Å². The van der Waals surface area contributed by atoms with Crippen molar-refractivity contribution in [2.24, 2.45) is 7.05 Å². The zero-order valence-corrected chi connectivity index (χ0v) is 18.7. The molecule has 6 nitrogen and oxygen atoms in total. The normalized spacial score (nSPS) is 11.9. The number of rotatable bonds is 9. The van der Waals surface area contributed by atoms with E-state index in [2.05, 4.69) is 0 Å². The quantitative estimate of drug-likeness (QED) is 0.515. The molecule has 0 aliphatic carbocycles. The third kappa shape index (κ3) is 5.45. The van der Waals surface area contributed by atoms with Crippen LogP contribution in [0.3, 0.4) is 0 Å². The zero-order chi connectivity index (χ0) is 22.4. The van der Waals surface area contributed by atoms with Gasteiger partial charge in [-0.25, -0.2) is 0 Å². The summed E-state index contributed by atoms with van der Waals surface area (Å²) in [4.78, 5) is 30.2. The standard InChI is InChI=1S/C25H31N3O3/c1-5-20(3)28(25(30)23-13-7-6-10-19(23)2)18-24(29)27(17-22-12-9-15-31-22)16-21-11-8-14-26(21)4/h6-15,20H,5,16-18H2,1-4H3/t20-/m0/s1. The monoisotopic (exact) mass is 421 g/mol. The second kappa shape index (κ2) is 10.2. The number of carbonyl (C=O) groups is 2. The van der Waals surface area contributed by atoms with Gasteiger partial charge >= 0.3 is 0 Å². The van der Waals surface area contributed by atoms with Crippen LogP contribution < -0.4 is 0 Å². The van der Waals surface area contributed by atoms with Gasteiger partial charge in [0.05, 0.1) is 19.4 Å². The van der Waals surface area contributed by atoms with E-state index in [1.807, 2.05) is 87.1 Å². The van der Waals surface area contributed by atoms with Gasteiger partial charge in [-0.1, -0.05) is 25.1 Å². The lowest BCUT2D eigenvalue weighted by atomic mass is 10.1. The Morgan fingerprint density at radius 2 is 1.84 bits per heavy atom. The van der Waals surface area contributed by atoms with E-state index in [0.717, 1.165) is 17.7 Å². The average molecular weight is 422 g/mol. The lowest BCUT2D eigenvalue weighted by molar-refractivity contribution is -0.134. The minimum Gasteiger partial charge on any atom is -0.467 e. The van der Waals surface area contributed by atoms with Crippen molar-refractivity contribution in [2.45, 2.75) is 46.3 Å². The van der Waals surface area contributed by atoms with Crippen LogP contribution in [0.1, 0.15) is 47.6 Å². The number of aromatic nitrogens is 1. The molecule has 3 rings (SSSR count). The van der Waals surface area contributed by atoms with Crippen LogP contribution in [0.4, 0.5) is 0 Å². The molecule has 1 atom stereocenters. The van der Waals surface area contributed by atoms with Gasteiger partial charge < -0.3 is 18.8 Å². The van der Waals surface area contributed by atoms with Gasteiger partial charge in [-0.15, -0.1) is 0 Å². The first-order chi connectivity index (χ1) is 14.9. The molecule has 0 radical (unpaired) electrons. The summed E-state index contributed by atoms with van der Waals surface area (Å²) in [7, 11) is 1.96. The summed E-state index contributed by atoms with van der Waals surface area (Å²) < 4.78 is 7.48. The van der Waals surface area contributed by atoms with Gasteiger partial charge in [0.25, 0.3) is 5.91 Å². The van der Waals surface area contributed by atoms with E-state index in [4.69, 9.17) is 4.42 Å². The maximum atomic E-state index is 13.4. The molecule has 0 unspecified atom stereocenters. The van der Waals surface area contributed by atoms with Gasteiger partial charge in [0.1, 0.15) is 12.3 Å². The summed E-state index contributed by atoms with van der Waals surface area (Å²) in [5, 5.41) is 0. The molecule has 31 heavy (non-hydrogen) atoms. The van der Waals surface area contributed by atoms with E-state index in [1.54, 1.807) is 16.1 Å². The first kappa shape index (κ1) is 22.4. The highest BCUT2D eigenvalue weighted by molar-refractivity contribution is 5.97. The van der Waals surface area contributed by atoms with Crippen molar-refractivity contribution < 1.29 is 14.0 Å². The fraction of sp³-hybridized carbons (Fsp3) is 0.360. The van der Waals surface area contributed by atoms with E-state index >= 15 is 0 Å². The molecule has 2 heterocycles. The molecule has 0 bridgehead atoms. The molecule has 164 valence electrons. The SMILES string of the molecule is CC[C@H](C)N(CC(=O)N(Cc1ccco1)Cc1cccn1C)C(=O)c1ccccc1C. The Labute approximate surface area is 184 Å². The third-order valence-corrected chi connectivity index (χ3v) is 5.75. The van der Waals surface area contributed by atoms with Gasteiger partial charge in [0.2, 0.25) is 5.91 Å². The van der Waals surface area contributed by atoms with E-state index in [9.17, 15) is 9.59 Å². The fourth-order valence-electron chi connectivity index (χ4n) is 3.54. The van der Waals surface area contributed by atoms with Crippen LogP contribution in [0.15, 0.2) is 65.4 Å². The van der Waals surface area contributed by atoms with E-state index < -0.39 is 0 Å². The Hall–Kier alpha value is -3.28. The summed E-state index contributed by atoms with van der Waals surface area (Å²) in [6.07, 6.45) is 4.33. The summed E-state index contributed by atoms with van der Waals surface area (Å²) in [5.74, 6) is 0.486. The van der Waals surface area contributed by atoms with Gasteiger partial charge in [-0.05, 0) is 56.2 Å². The third-order valence-electron chi connectivity index (χ3n) is 5.75. The summed E-state index contributed by atoms with van der Waals surface area (Å²) in [6.45, 7) is 6.74. The largest absolute Gasteiger partial charge is 0.467 e. The molecular weight excluding hydrogens is 390 g/mol. The first-order valence-corrected chi connectivity index (χ1v) is 10.7. The van der Waals surface area contributed by atoms with Crippen LogP contribution >= 0.6 is 0 Å². The maximum absolute atomic E-state index is 13.4. The highest BCUT2D eigenvalue weighted by Crippen LogP contribution is 2.17. The van der Waals surface area contributed by atoms with E-state index in [-0.39, 0.29) is 24.4 Å². The number of nitrogens with zero attached hydrogens (tertiary/aromatic N) is 3. The van der Waals surface area contributed by atoms with Crippen molar-refractivity contribution in [1.29, 1.82) is 0 Å². The highest BCUT2D eigenvalue weighted by Gasteiger charge is 2.27. The van der Waals surface area contributed by atoms with E-state index in [1.165, 1.54) is 0 Å². The van der Waals surface area contributed by atoms with Crippen LogP contribution in [0.2, 0.25) is 0 Å². The predicted molar refractivity (Wildman–Crippen MR) is 120 cm³/mol. The minimum atomic E-state index is -0.113. The van der Waals surface area contributed by atoms with Crippen molar-refractivity contribution in [3.63, 3.8) is 0 Å². The highest BCUT2D eigenvalue weighted by atomic mass is 16.3. The number of benzene rings is 1. The fourth-order valence-corrected chi connectivity index (χ4v) is 3.54. The molecular formula is C25H31N3O3. The molecule has 3 aromatic rings. The van der Waals surface area contributed by atoms with Crippen LogP contribution in [0.5, 0.6) is 0 Å². The smallest absolute Gasteiger partial charge is 0.254 e. The van der Waals surface area contributed by atoms with E-state index in [0.29, 0.717) is 24.4 Å². The number of carbonyl (C=O) groups excluding carboxylic acids is 2. The molecule has 0 aliphatic heterocycles. The van der Waals surface area contributed by atoms with Gasteiger partial charge in [-0.3, -0.25) is 9.59 Å². The Kier molecular flexibility index (Phi) is 7.34. The molecule has 0 aliphatic rings. The van der Waals surface area contributed by atoms with Crippen LogP contribution in [0.25, 0.3) is 0 Å². The number of furan rings is 1. The summed E-state index contributed by atoms with van der Waals surface area (Å²) >= 11 is 0. The lowest BCUT2D eigenvalue weighted by Crippen LogP contribution is -2.46. The molecule has 0 spiro atoms. The molecule has 2 aromatic heterocycles. The van der Waals surface area contributed by atoms with Crippen molar-refractivity contribution in [2.75, 3.05) is 6.54 Å². The number of amides is 2. The molecule has 0 N–H and O–H groups in total. The van der Waals surface area contributed by atoms with Crippen molar-refractivity contribution >= 4 is 11.8 Å². The number of aryl methyl sites for hydroxylation is 2. The van der Waals surface area contributed by atoms with Crippen molar-refractivity contribution in [3.8, 4) is 0 Å². The van der Waals surface area contributed by atoms with Crippen LogP contribution in [-0.4, -0.2) is 38.8 Å². The van der Waals surface area contributed by atoms with Crippen molar-refractivity contribution in [1.82, 2.24) is 14.4 Å². The van der Waals surface area contributed by atoms with Crippen LogP contribution in [0, 0.1) is 6.92 Å². The van der Waals surface area contributed by atoms with Crippen LogP contribution in [-0.2, 0) is 24.9 Å². The van der Waals surface area contributed by atoms with Gasteiger partial charge in [0.15, 0.2) is 0 Å². The first-order valence-electron chi connectivity index (χ1n) is 10.7. The zero-order valence-electron chi connectivity index (χ0n) is 18.7. The summed E-state index contributed by atoms with van der Waals surface area (Å²) in [5.41, 5.74) is 2.56.